The van der Waals surface area contributed by atoms with E-state index in [2.05, 4.69) is 4.98 Å². The highest BCUT2D eigenvalue weighted by molar-refractivity contribution is 6.34. The van der Waals surface area contributed by atoms with Gasteiger partial charge in [-0.3, -0.25) is 4.79 Å². The molecule has 3 heterocycles. The highest BCUT2D eigenvalue weighted by Crippen LogP contribution is 2.50. The number of amides is 2. The third-order valence-electron chi connectivity index (χ3n) is 7.07. The van der Waals surface area contributed by atoms with Crippen LogP contribution in [0, 0.1) is 11.6 Å². The highest BCUT2D eigenvalue weighted by Gasteiger charge is 2.45. The molecule has 4 N–H and O–H groups in total. The highest BCUT2D eigenvalue weighted by atomic mass is 35.5. The molecule has 0 saturated carbocycles. The molecule has 2 aliphatic heterocycles. The lowest BCUT2D eigenvalue weighted by Crippen LogP contribution is -2.38. The minimum absolute atomic E-state index is 0.00111. The number of hydrogen-bond acceptors (Lipinski definition) is 8. The summed E-state index contributed by atoms with van der Waals surface area (Å²) < 4.78 is 59.3. The lowest BCUT2D eigenvalue weighted by atomic mass is 9.86. The molecule has 1 saturated heterocycles. The van der Waals surface area contributed by atoms with Crippen LogP contribution in [0.15, 0.2) is 42.6 Å². The van der Waals surface area contributed by atoms with E-state index in [9.17, 15) is 9.59 Å². The van der Waals surface area contributed by atoms with Crippen LogP contribution in [0.2, 0.25) is 5.02 Å². The molecular formula is C29H28ClF2N3O7. The fourth-order valence-electron chi connectivity index (χ4n) is 5.12. The largest absolute Gasteiger partial charge is 0.478 e. The van der Waals surface area contributed by atoms with E-state index in [0.29, 0.717) is 12.2 Å². The minimum atomic E-state index is -1.36. The topological polar surface area (TPSA) is 145 Å². The van der Waals surface area contributed by atoms with Crippen LogP contribution in [0.3, 0.4) is 0 Å². The molecule has 0 spiro atoms. The number of carbonyl (C=O) groups excluding carboxylic acids is 2. The number of rotatable bonds is 10. The van der Waals surface area contributed by atoms with Crippen molar-refractivity contribution in [1.82, 2.24) is 4.98 Å². The van der Waals surface area contributed by atoms with Gasteiger partial charge in [-0.15, -0.1) is 0 Å². The summed E-state index contributed by atoms with van der Waals surface area (Å²) in [6.45, 7) is 0.253. The molecule has 0 radical (unpaired) electrons. The number of halogens is 3. The zero-order valence-electron chi connectivity index (χ0n) is 22.4. The van der Waals surface area contributed by atoms with Crippen LogP contribution in [0.5, 0.6) is 11.6 Å². The van der Waals surface area contributed by atoms with E-state index in [1.54, 1.807) is 30.3 Å². The van der Waals surface area contributed by atoms with Crippen LogP contribution in [0.1, 0.15) is 40.7 Å². The van der Waals surface area contributed by atoms with Crippen molar-refractivity contribution in [2.24, 2.45) is 11.5 Å². The van der Waals surface area contributed by atoms with E-state index in [-0.39, 0.29) is 55.0 Å². The number of nitrogens with zero attached hydrogens (tertiary/aromatic N) is 1. The Kier molecular flexibility index (Phi) is 8.76. The van der Waals surface area contributed by atoms with Crippen molar-refractivity contribution < 1.29 is 42.1 Å². The second-order valence-corrected chi connectivity index (χ2v) is 10.2. The van der Waals surface area contributed by atoms with E-state index in [1.165, 1.54) is 0 Å². The van der Waals surface area contributed by atoms with E-state index >= 15 is 8.78 Å². The average molecular weight is 604 g/mol. The third kappa shape index (κ3) is 5.96. The van der Waals surface area contributed by atoms with E-state index in [1.807, 2.05) is 0 Å². The van der Waals surface area contributed by atoms with Gasteiger partial charge < -0.3 is 35.2 Å². The summed E-state index contributed by atoms with van der Waals surface area (Å²) in [4.78, 5) is 27.9. The first kappa shape index (κ1) is 29.5. The average Bonchev–Trinajstić information content (AvgIpc) is 3.36. The molecule has 222 valence electrons. The van der Waals surface area contributed by atoms with Gasteiger partial charge in [-0.2, -0.15) is 0 Å². The number of ether oxygens (including phenoxy) is 5. The Morgan fingerprint density at radius 2 is 1.90 bits per heavy atom. The van der Waals surface area contributed by atoms with Gasteiger partial charge in [0.05, 0.1) is 17.2 Å². The van der Waals surface area contributed by atoms with Crippen LogP contribution >= 0.6 is 11.6 Å². The zero-order valence-corrected chi connectivity index (χ0v) is 23.1. The molecule has 0 bridgehead atoms. The maximum atomic E-state index is 16.1. The summed E-state index contributed by atoms with van der Waals surface area (Å²) >= 11 is 6.44. The maximum Gasteiger partial charge on any atom is 0.404 e. The smallest absolute Gasteiger partial charge is 0.404 e. The molecule has 2 atom stereocenters. The molecule has 0 unspecified atom stereocenters. The number of aromatic nitrogens is 1. The maximum absolute atomic E-state index is 16.1. The second kappa shape index (κ2) is 12.5. The Morgan fingerprint density at radius 3 is 2.60 bits per heavy atom. The summed E-state index contributed by atoms with van der Waals surface area (Å²) in [5.74, 6) is -3.53. The summed E-state index contributed by atoms with van der Waals surface area (Å²) in [7, 11) is 0. The second-order valence-electron chi connectivity index (χ2n) is 9.82. The van der Waals surface area contributed by atoms with Crippen molar-refractivity contribution in [3.8, 4) is 22.8 Å². The molecule has 13 heteroatoms. The predicted octanol–water partition coefficient (Wildman–Crippen LogP) is 4.63. The Hall–Kier alpha value is -4.00. The fraction of sp³-hybridized carbons (Fsp3) is 0.345. The number of pyridine rings is 1. The van der Waals surface area contributed by atoms with E-state index in [0.717, 1.165) is 31.5 Å². The van der Waals surface area contributed by atoms with Crippen molar-refractivity contribution in [2.75, 3.05) is 26.4 Å². The van der Waals surface area contributed by atoms with E-state index in [4.69, 9.17) is 46.8 Å². The summed E-state index contributed by atoms with van der Waals surface area (Å²) in [5, 5.41) is -0.478. The van der Waals surface area contributed by atoms with Gasteiger partial charge in [0, 0.05) is 42.0 Å². The molecule has 1 fully saturated rings. The standard InChI is InChI=1S/C29H28ClF2N3O7/c30-24-19(31)12-20-17(13-29(42-20,15-41-28(34)37)16-6-2-1-3-7-16)22(24)23-18(26(33)36)14-35-27(25(23)32)40-11-10-39-21-8-4-5-9-38-21/h1-3,6-7,12,14,21H,4-5,8-11,13,15H2,(H2,33,36)(H2,34,37)/t21-,29+/m0/s1. The molecule has 2 aromatic carbocycles. The molecule has 0 aliphatic carbocycles. The van der Waals surface area contributed by atoms with E-state index < -0.39 is 45.7 Å². The molecule has 5 rings (SSSR count). The van der Waals surface area contributed by atoms with Crippen LogP contribution in [0.4, 0.5) is 13.6 Å². The molecule has 3 aromatic rings. The predicted molar refractivity (Wildman–Crippen MR) is 146 cm³/mol. The van der Waals surface area contributed by atoms with Crippen molar-refractivity contribution in [3.05, 3.63) is 75.9 Å². The Labute approximate surface area is 244 Å². The molecule has 2 amide bonds. The zero-order chi connectivity index (χ0) is 29.9. The Morgan fingerprint density at radius 1 is 1.12 bits per heavy atom. The Bertz CT molecular complexity index is 1490. The number of benzene rings is 2. The third-order valence-corrected chi connectivity index (χ3v) is 7.44. The first-order valence-electron chi connectivity index (χ1n) is 13.2. The number of nitrogens with two attached hydrogens (primary N) is 2. The first-order valence-corrected chi connectivity index (χ1v) is 13.6. The summed E-state index contributed by atoms with van der Waals surface area (Å²) in [6, 6.07) is 9.75. The van der Waals surface area contributed by atoms with Gasteiger partial charge >= 0.3 is 6.09 Å². The number of carbonyl (C=O) groups is 2. The van der Waals surface area contributed by atoms with Gasteiger partial charge in [0.1, 0.15) is 24.8 Å². The normalized spacial score (nSPS) is 19.5. The molecular weight excluding hydrogens is 576 g/mol. The van der Waals surface area contributed by atoms with Gasteiger partial charge in [-0.25, -0.2) is 18.6 Å². The van der Waals surface area contributed by atoms with Crippen LogP contribution in [-0.2, 0) is 26.2 Å². The quantitative estimate of drug-likeness (QED) is 0.319. The lowest BCUT2D eigenvalue weighted by Gasteiger charge is -2.28. The van der Waals surface area contributed by atoms with Crippen LogP contribution in [-0.4, -0.2) is 49.7 Å². The van der Waals surface area contributed by atoms with Crippen molar-refractivity contribution in [1.29, 1.82) is 0 Å². The fourth-order valence-corrected chi connectivity index (χ4v) is 5.38. The van der Waals surface area contributed by atoms with Crippen molar-refractivity contribution >= 4 is 23.6 Å². The summed E-state index contributed by atoms with van der Waals surface area (Å²) in [6.07, 6.45) is 2.23. The van der Waals surface area contributed by atoms with Gasteiger partial charge in [-0.1, -0.05) is 41.9 Å². The Balaban J connectivity index is 1.53. The molecule has 42 heavy (non-hydrogen) atoms. The first-order chi connectivity index (χ1) is 20.2. The molecule has 1 aromatic heterocycles. The number of hydrogen-bond donors (Lipinski definition) is 2. The van der Waals surface area contributed by atoms with Crippen molar-refractivity contribution in [2.45, 2.75) is 37.6 Å². The summed E-state index contributed by atoms with van der Waals surface area (Å²) in [5.41, 5.74) is 9.32. The SMILES string of the molecule is NC(=O)OC[C@@]1(c2ccccc2)Cc2c(cc(F)c(Cl)c2-c2c(C(N)=O)cnc(OCCO[C@H]3CCCCO3)c2F)O1. The minimum Gasteiger partial charge on any atom is -0.478 e. The van der Waals surface area contributed by atoms with Gasteiger partial charge in [0.2, 0.25) is 0 Å². The van der Waals surface area contributed by atoms with Crippen molar-refractivity contribution in [3.63, 3.8) is 0 Å². The number of fused-ring (bicyclic) bond motifs is 1. The van der Waals surface area contributed by atoms with Crippen LogP contribution < -0.4 is 20.9 Å². The van der Waals surface area contributed by atoms with Gasteiger partial charge in [0.25, 0.3) is 11.8 Å². The van der Waals surface area contributed by atoms with Gasteiger partial charge in [-0.05, 0) is 24.8 Å². The lowest BCUT2D eigenvalue weighted by molar-refractivity contribution is -0.165. The van der Waals surface area contributed by atoms with Gasteiger partial charge in [0.15, 0.2) is 17.7 Å². The molecule has 10 nitrogen and oxygen atoms in total. The monoisotopic (exact) mass is 603 g/mol. The number of primary amides is 2. The molecule has 2 aliphatic rings. The van der Waals surface area contributed by atoms with Crippen LogP contribution in [0.25, 0.3) is 11.1 Å².